The summed E-state index contributed by atoms with van der Waals surface area (Å²) >= 11 is 0. The third kappa shape index (κ3) is 3.42. The predicted molar refractivity (Wildman–Crippen MR) is 88.0 cm³/mol. The molecule has 0 bridgehead atoms. The average Bonchev–Trinajstić information content (AvgIpc) is 2.92. The van der Waals surface area contributed by atoms with Gasteiger partial charge in [0, 0.05) is 11.8 Å². The van der Waals surface area contributed by atoms with E-state index in [1.807, 2.05) is 0 Å². The molecular formula is C17H26O11. The van der Waals surface area contributed by atoms with E-state index in [9.17, 15) is 35.4 Å². The summed E-state index contributed by atoms with van der Waals surface area (Å²) in [5, 5.41) is 59.9. The van der Waals surface area contributed by atoms with Gasteiger partial charge in [-0.25, -0.2) is 4.79 Å². The van der Waals surface area contributed by atoms with Gasteiger partial charge in [0.2, 0.25) is 6.29 Å². The van der Waals surface area contributed by atoms with E-state index >= 15 is 0 Å². The maximum atomic E-state index is 12.0. The van der Waals surface area contributed by atoms with Crippen LogP contribution in [0, 0.1) is 17.8 Å². The largest absolute Gasteiger partial charge is 0.472 e. The van der Waals surface area contributed by atoms with Gasteiger partial charge in [0.05, 0.1) is 37.8 Å². The Bertz CT molecular complexity index is 608. The Kier molecular flexibility index (Phi) is 6.27. The monoisotopic (exact) mass is 406 g/mol. The molecule has 11 nitrogen and oxygen atoms in total. The van der Waals surface area contributed by atoms with Crippen LogP contribution in [0.1, 0.15) is 6.92 Å². The van der Waals surface area contributed by atoms with E-state index in [4.69, 9.17) is 18.9 Å². The van der Waals surface area contributed by atoms with Gasteiger partial charge in [0.25, 0.3) is 0 Å². The zero-order valence-electron chi connectivity index (χ0n) is 15.4. The fourth-order valence-electron chi connectivity index (χ4n) is 4.16. The molecule has 160 valence electrons. The average molecular weight is 406 g/mol. The lowest BCUT2D eigenvalue weighted by molar-refractivity contribution is -0.343. The Morgan fingerprint density at radius 2 is 1.71 bits per heavy atom. The van der Waals surface area contributed by atoms with Crippen molar-refractivity contribution in [3.8, 4) is 0 Å². The number of ether oxygens (including phenoxy) is 4. The van der Waals surface area contributed by atoms with Crippen LogP contribution in [0.2, 0.25) is 0 Å². The van der Waals surface area contributed by atoms with Crippen LogP contribution in [0.3, 0.4) is 0 Å². The highest BCUT2D eigenvalue weighted by molar-refractivity contribution is 5.89. The molecule has 0 amide bonds. The fourth-order valence-corrected chi connectivity index (χ4v) is 4.16. The minimum absolute atomic E-state index is 0.0389. The van der Waals surface area contributed by atoms with Crippen molar-refractivity contribution in [1.29, 1.82) is 0 Å². The molecule has 0 radical (unpaired) electrons. The molecule has 2 aliphatic heterocycles. The topological polar surface area (TPSA) is 175 Å². The van der Waals surface area contributed by atoms with Crippen molar-refractivity contribution in [2.45, 2.75) is 56.1 Å². The second kappa shape index (κ2) is 8.20. The van der Waals surface area contributed by atoms with Crippen molar-refractivity contribution in [3.63, 3.8) is 0 Å². The molecule has 1 aliphatic carbocycles. The third-order valence-corrected chi connectivity index (χ3v) is 5.82. The van der Waals surface area contributed by atoms with Crippen molar-refractivity contribution < 1.29 is 54.4 Å². The predicted octanol–water partition coefficient (Wildman–Crippen LogP) is -3.18. The number of carbonyl (C=O) groups excluding carboxylic acids is 1. The van der Waals surface area contributed by atoms with Crippen molar-refractivity contribution in [2.75, 3.05) is 13.7 Å². The molecule has 3 rings (SSSR count). The van der Waals surface area contributed by atoms with Gasteiger partial charge in [-0.2, -0.15) is 0 Å². The van der Waals surface area contributed by atoms with Gasteiger partial charge in [0.15, 0.2) is 6.29 Å². The van der Waals surface area contributed by atoms with Gasteiger partial charge >= 0.3 is 5.97 Å². The number of hydrogen-bond donors (Lipinski definition) is 6. The molecule has 0 spiro atoms. The second-order valence-electron chi connectivity index (χ2n) is 7.35. The highest BCUT2D eigenvalue weighted by Crippen LogP contribution is 2.47. The van der Waals surface area contributed by atoms with Crippen LogP contribution < -0.4 is 0 Å². The smallest absolute Gasteiger partial charge is 0.337 e. The van der Waals surface area contributed by atoms with E-state index < -0.39 is 79.5 Å². The minimum Gasteiger partial charge on any atom is -0.472 e. The normalized spacial score (nSPS) is 48.4. The Morgan fingerprint density at radius 1 is 1.04 bits per heavy atom. The van der Waals surface area contributed by atoms with Gasteiger partial charge < -0.3 is 49.6 Å². The molecular weight excluding hydrogens is 380 g/mol. The van der Waals surface area contributed by atoms with Crippen LogP contribution in [0.25, 0.3) is 0 Å². The molecule has 11 atom stereocenters. The van der Waals surface area contributed by atoms with Gasteiger partial charge in [-0.1, -0.05) is 6.92 Å². The molecule has 0 unspecified atom stereocenters. The van der Waals surface area contributed by atoms with E-state index in [1.165, 1.54) is 7.11 Å². The molecule has 2 heterocycles. The Hall–Kier alpha value is -1.31. The Morgan fingerprint density at radius 3 is 2.32 bits per heavy atom. The summed E-state index contributed by atoms with van der Waals surface area (Å²) in [6, 6.07) is 0. The number of aliphatic hydroxyl groups is 6. The van der Waals surface area contributed by atoms with E-state index in [-0.39, 0.29) is 5.57 Å². The third-order valence-electron chi connectivity index (χ3n) is 5.82. The van der Waals surface area contributed by atoms with Crippen molar-refractivity contribution in [3.05, 3.63) is 11.8 Å². The molecule has 0 aromatic heterocycles. The summed E-state index contributed by atoms with van der Waals surface area (Å²) in [6.07, 6.45) is -9.96. The summed E-state index contributed by atoms with van der Waals surface area (Å²) in [6.45, 7) is 1.02. The molecule has 6 N–H and O–H groups in total. The van der Waals surface area contributed by atoms with Gasteiger partial charge in [-0.3, -0.25) is 0 Å². The van der Waals surface area contributed by atoms with Crippen molar-refractivity contribution >= 4 is 5.97 Å². The van der Waals surface area contributed by atoms with Crippen LogP contribution in [0.15, 0.2) is 11.8 Å². The zero-order chi connectivity index (χ0) is 20.7. The molecule has 0 aromatic rings. The Labute approximate surface area is 160 Å². The molecule has 1 saturated carbocycles. The molecule has 3 aliphatic rings. The van der Waals surface area contributed by atoms with Crippen molar-refractivity contribution in [1.82, 2.24) is 0 Å². The fraction of sp³-hybridized carbons (Fsp3) is 0.824. The highest BCUT2D eigenvalue weighted by atomic mass is 16.8. The van der Waals surface area contributed by atoms with Crippen LogP contribution in [-0.4, -0.2) is 99.5 Å². The van der Waals surface area contributed by atoms with Gasteiger partial charge in [-0.15, -0.1) is 0 Å². The number of aliphatic hydroxyl groups excluding tert-OH is 6. The summed E-state index contributed by atoms with van der Waals surface area (Å²) in [5.74, 6) is -2.82. The summed E-state index contributed by atoms with van der Waals surface area (Å²) in [4.78, 5) is 12.0. The maximum Gasteiger partial charge on any atom is 0.337 e. The number of carbonyl (C=O) groups is 1. The quantitative estimate of drug-likeness (QED) is 0.260. The SMILES string of the molecule is COC(=O)C1=CO[C@@H](O[C@H]2O[C@H](CO)[C@@H](O)[C@H](O)[C@H]2O)[C@H]2[C@H](C)[C@@H](O)[C@H](O)[C@@H]12. The van der Waals surface area contributed by atoms with E-state index in [1.54, 1.807) is 6.92 Å². The van der Waals surface area contributed by atoms with Crippen LogP contribution >= 0.6 is 0 Å². The van der Waals surface area contributed by atoms with Gasteiger partial charge in [0.1, 0.15) is 24.4 Å². The second-order valence-corrected chi connectivity index (χ2v) is 7.35. The van der Waals surface area contributed by atoms with Crippen LogP contribution in [0.4, 0.5) is 0 Å². The van der Waals surface area contributed by atoms with Crippen LogP contribution in [-0.2, 0) is 23.7 Å². The maximum absolute atomic E-state index is 12.0. The Balaban J connectivity index is 1.84. The lowest BCUT2D eigenvalue weighted by atomic mass is 9.82. The molecule has 11 heteroatoms. The number of esters is 1. The first-order valence-electron chi connectivity index (χ1n) is 8.98. The summed E-state index contributed by atoms with van der Waals surface area (Å²) in [7, 11) is 1.18. The van der Waals surface area contributed by atoms with E-state index in [0.29, 0.717) is 0 Å². The van der Waals surface area contributed by atoms with E-state index in [2.05, 4.69) is 0 Å². The van der Waals surface area contributed by atoms with Crippen LogP contribution in [0.5, 0.6) is 0 Å². The number of methoxy groups -OCH3 is 1. The number of rotatable bonds is 4. The zero-order valence-corrected chi connectivity index (χ0v) is 15.4. The summed E-state index contributed by atoms with van der Waals surface area (Å²) in [5.41, 5.74) is 0.0389. The van der Waals surface area contributed by atoms with Crippen molar-refractivity contribution in [2.24, 2.45) is 17.8 Å². The molecule has 2 fully saturated rings. The van der Waals surface area contributed by atoms with E-state index in [0.717, 1.165) is 6.26 Å². The first-order valence-corrected chi connectivity index (χ1v) is 8.98. The first kappa shape index (κ1) is 21.4. The lowest BCUT2D eigenvalue weighted by Gasteiger charge is -2.43. The lowest BCUT2D eigenvalue weighted by Crippen LogP contribution is -2.60. The number of hydrogen-bond acceptors (Lipinski definition) is 11. The highest BCUT2D eigenvalue weighted by Gasteiger charge is 2.57. The van der Waals surface area contributed by atoms with Gasteiger partial charge in [-0.05, 0) is 5.92 Å². The standard InChI is InChI=1S/C17H26O11/c1-5-8-9(12(21)10(5)19)6(15(24)25-2)4-26-16(8)28-17-14(23)13(22)11(20)7(3-18)27-17/h4-5,7-14,16-23H,3H2,1-2H3/t5-,7+,8-,9-,10+,11+,12+,13-,14+,16-,17+/m0/s1. The molecule has 0 aromatic carbocycles. The molecule has 1 saturated heterocycles. The number of fused-ring (bicyclic) bond motifs is 1. The first-order chi connectivity index (χ1) is 13.2. The summed E-state index contributed by atoms with van der Waals surface area (Å²) < 4.78 is 21.1. The minimum atomic E-state index is -1.64. The molecule has 28 heavy (non-hydrogen) atoms.